The van der Waals surface area contributed by atoms with Crippen LogP contribution < -0.4 is 5.32 Å². The van der Waals surface area contributed by atoms with Gasteiger partial charge in [-0.3, -0.25) is 4.79 Å². The number of nitrogens with zero attached hydrogens (tertiary/aromatic N) is 2. The van der Waals surface area contributed by atoms with Gasteiger partial charge < -0.3 is 5.32 Å². The quantitative estimate of drug-likeness (QED) is 0.844. The molecule has 1 aromatic rings. The SMILES string of the molecule is CC(=O)N[C@@H]1CCCN(S(=O)(=O)c2ccc(Cl)nc2)C1. The van der Waals surface area contributed by atoms with Crippen molar-refractivity contribution in [2.75, 3.05) is 13.1 Å². The van der Waals surface area contributed by atoms with Crippen LogP contribution in [0.15, 0.2) is 23.2 Å². The first kappa shape index (κ1) is 15.2. The zero-order valence-electron chi connectivity index (χ0n) is 11.0. The summed E-state index contributed by atoms with van der Waals surface area (Å²) >= 11 is 5.66. The number of amides is 1. The van der Waals surface area contributed by atoms with Crippen molar-refractivity contribution in [1.82, 2.24) is 14.6 Å². The molecule has 0 aliphatic carbocycles. The molecule has 1 atom stereocenters. The Hall–Kier alpha value is -1.18. The summed E-state index contributed by atoms with van der Waals surface area (Å²) in [6.45, 7) is 2.15. The van der Waals surface area contributed by atoms with Gasteiger partial charge >= 0.3 is 0 Å². The summed E-state index contributed by atoms with van der Waals surface area (Å²) < 4.78 is 26.3. The number of nitrogens with one attached hydrogen (secondary N) is 1. The molecule has 1 fully saturated rings. The molecule has 1 saturated heterocycles. The van der Waals surface area contributed by atoms with Crippen LogP contribution in [0.5, 0.6) is 0 Å². The van der Waals surface area contributed by atoms with Crippen LogP contribution in [0.25, 0.3) is 0 Å². The highest BCUT2D eigenvalue weighted by Gasteiger charge is 2.30. The van der Waals surface area contributed by atoms with Crippen molar-refractivity contribution < 1.29 is 13.2 Å². The van der Waals surface area contributed by atoms with Crippen LogP contribution in [-0.4, -0.2) is 42.7 Å². The average molecular weight is 318 g/mol. The van der Waals surface area contributed by atoms with Crippen LogP contribution in [0.3, 0.4) is 0 Å². The normalized spacial score (nSPS) is 20.6. The number of halogens is 1. The molecule has 6 nitrogen and oxygen atoms in total. The highest BCUT2D eigenvalue weighted by atomic mass is 35.5. The fourth-order valence-electron chi connectivity index (χ4n) is 2.23. The molecule has 110 valence electrons. The maximum atomic E-state index is 12.5. The summed E-state index contributed by atoms with van der Waals surface area (Å²) in [4.78, 5) is 15.0. The first-order valence-corrected chi connectivity index (χ1v) is 8.10. The smallest absolute Gasteiger partial charge is 0.244 e. The van der Waals surface area contributed by atoms with Crippen LogP contribution in [0.1, 0.15) is 19.8 Å². The van der Waals surface area contributed by atoms with E-state index in [-0.39, 0.29) is 28.5 Å². The highest BCUT2D eigenvalue weighted by molar-refractivity contribution is 7.89. The highest BCUT2D eigenvalue weighted by Crippen LogP contribution is 2.21. The lowest BCUT2D eigenvalue weighted by molar-refractivity contribution is -0.119. The topological polar surface area (TPSA) is 79.4 Å². The molecule has 0 unspecified atom stereocenters. The molecule has 0 radical (unpaired) electrons. The number of aromatic nitrogens is 1. The van der Waals surface area contributed by atoms with E-state index in [1.165, 1.54) is 29.6 Å². The molecule has 2 heterocycles. The van der Waals surface area contributed by atoms with Crippen LogP contribution in [0.4, 0.5) is 0 Å². The van der Waals surface area contributed by atoms with Crippen molar-refractivity contribution in [3.8, 4) is 0 Å². The van der Waals surface area contributed by atoms with Crippen molar-refractivity contribution in [2.24, 2.45) is 0 Å². The summed E-state index contributed by atoms with van der Waals surface area (Å²) in [6, 6.07) is 2.74. The summed E-state index contributed by atoms with van der Waals surface area (Å²) in [5, 5.41) is 3.01. The number of carbonyl (C=O) groups is 1. The zero-order valence-corrected chi connectivity index (χ0v) is 12.6. The Morgan fingerprint density at radius 3 is 2.85 bits per heavy atom. The van der Waals surface area contributed by atoms with E-state index >= 15 is 0 Å². The molecule has 8 heteroatoms. The van der Waals surface area contributed by atoms with Gasteiger partial charge in [0, 0.05) is 32.3 Å². The van der Waals surface area contributed by atoms with Gasteiger partial charge in [0.1, 0.15) is 10.0 Å². The lowest BCUT2D eigenvalue weighted by Crippen LogP contribution is -2.49. The van der Waals surface area contributed by atoms with Crippen molar-refractivity contribution in [3.63, 3.8) is 0 Å². The van der Waals surface area contributed by atoms with E-state index in [1.807, 2.05) is 0 Å². The molecular weight excluding hydrogens is 302 g/mol. The van der Waals surface area contributed by atoms with Crippen molar-refractivity contribution >= 4 is 27.5 Å². The van der Waals surface area contributed by atoms with Crippen LogP contribution in [0, 0.1) is 0 Å². The first-order chi connectivity index (χ1) is 9.39. The van der Waals surface area contributed by atoms with Crippen molar-refractivity contribution in [1.29, 1.82) is 0 Å². The minimum Gasteiger partial charge on any atom is -0.352 e. The standard InChI is InChI=1S/C12H16ClN3O3S/c1-9(17)15-10-3-2-6-16(8-10)20(18,19)11-4-5-12(13)14-7-11/h4-5,7,10H,2-3,6,8H2,1H3,(H,15,17)/t10-/m1/s1. The largest absolute Gasteiger partial charge is 0.352 e. The molecule has 0 bridgehead atoms. The predicted molar refractivity (Wildman–Crippen MR) is 74.8 cm³/mol. The van der Waals surface area contributed by atoms with E-state index in [0.717, 1.165) is 6.42 Å². The Morgan fingerprint density at radius 1 is 1.50 bits per heavy atom. The number of piperidine rings is 1. The Bertz CT molecular complexity index is 588. The molecule has 2 rings (SSSR count). The molecule has 1 aliphatic heterocycles. The number of rotatable bonds is 3. The third-order valence-corrected chi connectivity index (χ3v) is 5.20. The molecule has 20 heavy (non-hydrogen) atoms. The van der Waals surface area contributed by atoms with Gasteiger partial charge in [0.2, 0.25) is 15.9 Å². The Morgan fingerprint density at radius 2 is 2.25 bits per heavy atom. The number of carbonyl (C=O) groups excluding carboxylic acids is 1. The maximum Gasteiger partial charge on any atom is 0.244 e. The summed E-state index contributed by atoms with van der Waals surface area (Å²) in [5.74, 6) is -0.151. The lowest BCUT2D eigenvalue weighted by Gasteiger charge is -2.32. The van der Waals surface area contributed by atoms with E-state index in [1.54, 1.807) is 0 Å². The van der Waals surface area contributed by atoms with Gasteiger partial charge in [-0.25, -0.2) is 13.4 Å². The van der Waals surface area contributed by atoms with Crippen molar-refractivity contribution in [2.45, 2.75) is 30.7 Å². The van der Waals surface area contributed by atoms with Gasteiger partial charge in [0.05, 0.1) is 0 Å². The summed E-state index contributed by atoms with van der Waals surface area (Å²) in [6.07, 6.45) is 2.75. The van der Waals surface area contributed by atoms with Gasteiger partial charge in [-0.2, -0.15) is 4.31 Å². The van der Waals surface area contributed by atoms with E-state index in [2.05, 4.69) is 10.3 Å². The molecule has 0 aromatic carbocycles. The summed E-state index contributed by atoms with van der Waals surface area (Å²) in [7, 11) is -3.59. The zero-order chi connectivity index (χ0) is 14.8. The Kier molecular flexibility index (Phi) is 4.62. The van der Waals surface area contributed by atoms with Gasteiger partial charge in [-0.1, -0.05) is 11.6 Å². The number of hydrogen-bond donors (Lipinski definition) is 1. The number of pyridine rings is 1. The molecular formula is C12H16ClN3O3S. The van der Waals surface area contributed by atoms with E-state index in [0.29, 0.717) is 13.0 Å². The van der Waals surface area contributed by atoms with Crippen LogP contribution >= 0.6 is 11.6 Å². The fourth-order valence-corrected chi connectivity index (χ4v) is 3.81. The van der Waals surface area contributed by atoms with E-state index < -0.39 is 10.0 Å². The van der Waals surface area contributed by atoms with Crippen molar-refractivity contribution in [3.05, 3.63) is 23.5 Å². The molecule has 1 N–H and O–H groups in total. The number of hydrogen-bond acceptors (Lipinski definition) is 4. The second-order valence-electron chi connectivity index (χ2n) is 4.72. The maximum absolute atomic E-state index is 12.5. The lowest BCUT2D eigenvalue weighted by atomic mass is 10.1. The monoisotopic (exact) mass is 317 g/mol. The second-order valence-corrected chi connectivity index (χ2v) is 7.04. The Balaban J connectivity index is 2.16. The Labute approximate surface area is 123 Å². The molecule has 1 aromatic heterocycles. The van der Waals surface area contributed by atoms with E-state index in [9.17, 15) is 13.2 Å². The molecule has 1 amide bonds. The molecule has 1 aliphatic rings. The van der Waals surface area contributed by atoms with Gasteiger partial charge in [0.25, 0.3) is 0 Å². The fraction of sp³-hybridized carbons (Fsp3) is 0.500. The molecule has 0 saturated carbocycles. The second kappa shape index (κ2) is 6.07. The number of sulfonamides is 1. The first-order valence-electron chi connectivity index (χ1n) is 6.28. The summed E-state index contributed by atoms with van der Waals surface area (Å²) in [5.41, 5.74) is 0. The third kappa shape index (κ3) is 3.47. The average Bonchev–Trinajstić information content (AvgIpc) is 2.39. The minimum absolute atomic E-state index is 0.116. The van der Waals surface area contributed by atoms with E-state index in [4.69, 9.17) is 11.6 Å². The minimum atomic E-state index is -3.59. The molecule has 0 spiro atoms. The third-order valence-electron chi connectivity index (χ3n) is 3.13. The van der Waals surface area contributed by atoms with Crippen LogP contribution in [-0.2, 0) is 14.8 Å². The van der Waals surface area contributed by atoms with Gasteiger partial charge in [0.15, 0.2) is 0 Å². The van der Waals surface area contributed by atoms with Gasteiger partial charge in [-0.05, 0) is 25.0 Å². The van der Waals surface area contributed by atoms with Crippen LogP contribution in [0.2, 0.25) is 5.15 Å². The van der Waals surface area contributed by atoms with Gasteiger partial charge in [-0.15, -0.1) is 0 Å². The predicted octanol–water partition coefficient (Wildman–Crippen LogP) is 1.02.